The zero-order valence-corrected chi connectivity index (χ0v) is 18.6. The highest BCUT2D eigenvalue weighted by molar-refractivity contribution is 5.67. The Morgan fingerprint density at radius 1 is 0.697 bits per heavy atom. The molecule has 3 nitrogen and oxygen atoms in total. The van der Waals surface area contributed by atoms with E-state index in [2.05, 4.69) is 72.8 Å². The second-order valence-electron chi connectivity index (χ2n) is 8.14. The Labute approximate surface area is 195 Å². The number of hydrogen-bond donors (Lipinski definition) is 1. The maximum absolute atomic E-state index is 10.9. The van der Waals surface area contributed by atoms with E-state index in [0.29, 0.717) is 13.0 Å². The number of hydrogen-bond acceptors (Lipinski definition) is 2. The first-order valence-corrected chi connectivity index (χ1v) is 11.3. The molecule has 0 bridgehead atoms. The predicted molar refractivity (Wildman–Crippen MR) is 132 cm³/mol. The van der Waals surface area contributed by atoms with Gasteiger partial charge in [-0.15, -0.1) is 0 Å². The molecule has 0 aliphatic heterocycles. The average molecular weight is 437 g/mol. The monoisotopic (exact) mass is 436 g/mol. The van der Waals surface area contributed by atoms with Gasteiger partial charge in [0.15, 0.2) is 0 Å². The lowest BCUT2D eigenvalue weighted by molar-refractivity contribution is -0.136. The number of carboxylic acid groups (broad SMARTS) is 1. The number of aryl methyl sites for hydroxylation is 1. The summed E-state index contributed by atoms with van der Waals surface area (Å²) in [5, 5.41) is 8.97. The molecular weight excluding hydrogens is 408 g/mol. The van der Waals surface area contributed by atoms with Crippen molar-refractivity contribution in [2.45, 2.75) is 24.7 Å². The van der Waals surface area contributed by atoms with Crippen molar-refractivity contribution in [3.63, 3.8) is 0 Å². The first kappa shape index (κ1) is 22.3. The van der Waals surface area contributed by atoms with Gasteiger partial charge < -0.3 is 9.84 Å². The molecule has 4 aromatic rings. The lowest BCUT2D eigenvalue weighted by atomic mass is 9.67. The van der Waals surface area contributed by atoms with E-state index < -0.39 is 5.97 Å². The highest BCUT2D eigenvalue weighted by Crippen LogP contribution is 2.42. The van der Waals surface area contributed by atoms with Crippen LogP contribution in [0.3, 0.4) is 0 Å². The Morgan fingerprint density at radius 2 is 1.21 bits per heavy atom. The summed E-state index contributed by atoms with van der Waals surface area (Å²) < 4.78 is 6.23. The van der Waals surface area contributed by atoms with Crippen LogP contribution in [0.25, 0.3) is 0 Å². The smallest absolute Gasteiger partial charge is 0.303 e. The fourth-order valence-corrected chi connectivity index (χ4v) is 4.47. The Hall–Kier alpha value is -3.85. The molecule has 4 aromatic carbocycles. The molecule has 33 heavy (non-hydrogen) atoms. The SMILES string of the molecule is O=C(O)CCc1cccc(OCCC(c2ccccc2)(c2ccccc2)c2ccccc2)c1. The topological polar surface area (TPSA) is 46.5 Å². The van der Waals surface area contributed by atoms with Gasteiger partial charge in [0.1, 0.15) is 5.75 Å². The Morgan fingerprint density at radius 3 is 1.70 bits per heavy atom. The molecule has 0 radical (unpaired) electrons. The van der Waals surface area contributed by atoms with Gasteiger partial charge in [0, 0.05) is 11.8 Å². The van der Waals surface area contributed by atoms with Gasteiger partial charge in [0.2, 0.25) is 0 Å². The average Bonchev–Trinajstić information content (AvgIpc) is 2.87. The first-order chi connectivity index (χ1) is 16.2. The largest absolute Gasteiger partial charge is 0.494 e. The molecule has 0 unspecified atom stereocenters. The summed E-state index contributed by atoms with van der Waals surface area (Å²) in [5.41, 5.74) is 4.28. The summed E-state index contributed by atoms with van der Waals surface area (Å²) in [4.78, 5) is 10.9. The summed E-state index contributed by atoms with van der Waals surface area (Å²) in [5.74, 6) is -0.0272. The fourth-order valence-electron chi connectivity index (χ4n) is 4.47. The lowest BCUT2D eigenvalue weighted by Gasteiger charge is -2.36. The lowest BCUT2D eigenvalue weighted by Crippen LogP contribution is -2.31. The molecule has 0 aliphatic rings. The van der Waals surface area contributed by atoms with Crippen molar-refractivity contribution in [2.24, 2.45) is 0 Å². The molecule has 0 amide bonds. The number of benzene rings is 4. The van der Waals surface area contributed by atoms with Crippen LogP contribution >= 0.6 is 0 Å². The van der Waals surface area contributed by atoms with Crippen LogP contribution < -0.4 is 4.74 Å². The normalized spacial score (nSPS) is 11.2. The molecule has 3 heteroatoms. The minimum atomic E-state index is -0.792. The number of ether oxygens (including phenoxy) is 1. The molecule has 0 fully saturated rings. The van der Waals surface area contributed by atoms with E-state index in [0.717, 1.165) is 17.7 Å². The van der Waals surface area contributed by atoms with Crippen LogP contribution in [0.5, 0.6) is 5.75 Å². The summed E-state index contributed by atoms with van der Waals surface area (Å²) in [6.45, 7) is 0.515. The van der Waals surface area contributed by atoms with Crippen molar-refractivity contribution >= 4 is 5.97 Å². The molecule has 0 aliphatic carbocycles. The zero-order valence-electron chi connectivity index (χ0n) is 18.6. The van der Waals surface area contributed by atoms with Gasteiger partial charge in [-0.3, -0.25) is 4.79 Å². The summed E-state index contributed by atoms with van der Waals surface area (Å²) in [6, 6.07) is 39.5. The van der Waals surface area contributed by atoms with Gasteiger partial charge in [-0.2, -0.15) is 0 Å². The summed E-state index contributed by atoms with van der Waals surface area (Å²) in [7, 11) is 0. The summed E-state index contributed by atoms with van der Waals surface area (Å²) in [6.07, 6.45) is 1.36. The van der Waals surface area contributed by atoms with Crippen LogP contribution in [0, 0.1) is 0 Å². The van der Waals surface area contributed by atoms with Crippen molar-refractivity contribution in [3.05, 3.63) is 138 Å². The molecule has 0 spiro atoms. The maximum atomic E-state index is 10.9. The third-order valence-corrected chi connectivity index (χ3v) is 6.07. The van der Waals surface area contributed by atoms with E-state index in [1.165, 1.54) is 16.7 Å². The van der Waals surface area contributed by atoms with Crippen LogP contribution in [-0.2, 0) is 16.6 Å². The summed E-state index contributed by atoms with van der Waals surface area (Å²) >= 11 is 0. The number of carbonyl (C=O) groups is 1. The van der Waals surface area contributed by atoms with Crippen LogP contribution in [-0.4, -0.2) is 17.7 Å². The molecule has 0 heterocycles. The minimum Gasteiger partial charge on any atom is -0.494 e. The van der Waals surface area contributed by atoms with Crippen LogP contribution in [0.1, 0.15) is 35.1 Å². The molecule has 1 N–H and O–H groups in total. The van der Waals surface area contributed by atoms with Crippen LogP contribution in [0.4, 0.5) is 0 Å². The predicted octanol–water partition coefficient (Wildman–Crippen LogP) is 6.51. The fraction of sp³-hybridized carbons (Fsp3) is 0.167. The van der Waals surface area contributed by atoms with Crippen molar-refractivity contribution in [1.29, 1.82) is 0 Å². The van der Waals surface area contributed by atoms with Gasteiger partial charge in [0.05, 0.1) is 6.61 Å². The Kier molecular flexibility index (Phi) is 7.21. The van der Waals surface area contributed by atoms with Gasteiger partial charge in [-0.25, -0.2) is 0 Å². The van der Waals surface area contributed by atoms with E-state index in [-0.39, 0.29) is 11.8 Å². The first-order valence-electron chi connectivity index (χ1n) is 11.3. The zero-order chi connectivity index (χ0) is 22.9. The molecule has 0 saturated carbocycles. The minimum absolute atomic E-state index is 0.114. The molecular formula is C30H28O3. The van der Waals surface area contributed by atoms with Gasteiger partial charge >= 0.3 is 5.97 Å². The second kappa shape index (κ2) is 10.6. The number of rotatable bonds is 10. The van der Waals surface area contributed by atoms with E-state index in [1.807, 2.05) is 42.5 Å². The molecule has 166 valence electrons. The molecule has 4 rings (SSSR count). The maximum Gasteiger partial charge on any atom is 0.303 e. The standard InChI is InChI=1S/C30H28O3/c31-29(32)20-19-24-11-10-18-28(23-24)33-22-21-30(25-12-4-1-5-13-25,26-14-6-2-7-15-26)27-16-8-3-9-17-27/h1-18,23H,19-22H2,(H,31,32). The van der Waals surface area contributed by atoms with Crippen molar-refractivity contribution in [3.8, 4) is 5.75 Å². The molecule has 0 atom stereocenters. The molecule has 0 aromatic heterocycles. The van der Waals surface area contributed by atoms with E-state index >= 15 is 0 Å². The number of carboxylic acids is 1. The third kappa shape index (κ3) is 5.32. The number of aliphatic carboxylic acids is 1. The molecule has 0 saturated heterocycles. The highest BCUT2D eigenvalue weighted by Gasteiger charge is 2.36. The second-order valence-corrected chi connectivity index (χ2v) is 8.14. The van der Waals surface area contributed by atoms with Crippen LogP contribution in [0.2, 0.25) is 0 Å². The van der Waals surface area contributed by atoms with E-state index in [4.69, 9.17) is 9.84 Å². The van der Waals surface area contributed by atoms with Crippen LogP contribution in [0.15, 0.2) is 115 Å². The Bertz CT molecular complexity index is 1060. The van der Waals surface area contributed by atoms with Crippen molar-refractivity contribution < 1.29 is 14.6 Å². The van der Waals surface area contributed by atoms with Gasteiger partial charge in [-0.1, -0.05) is 103 Å². The highest BCUT2D eigenvalue weighted by atomic mass is 16.5. The quantitative estimate of drug-likeness (QED) is 0.288. The van der Waals surface area contributed by atoms with E-state index in [1.54, 1.807) is 0 Å². The Balaban J connectivity index is 1.65. The van der Waals surface area contributed by atoms with Gasteiger partial charge in [-0.05, 0) is 47.2 Å². The van der Waals surface area contributed by atoms with Gasteiger partial charge in [0.25, 0.3) is 0 Å². The third-order valence-electron chi connectivity index (χ3n) is 6.07. The van der Waals surface area contributed by atoms with Crippen molar-refractivity contribution in [2.75, 3.05) is 6.61 Å². The van der Waals surface area contributed by atoms with Crippen molar-refractivity contribution in [1.82, 2.24) is 0 Å². The van der Waals surface area contributed by atoms with E-state index in [9.17, 15) is 4.79 Å².